The number of carbonyl (C=O) groups excluding carboxylic acids is 1. The number of aromatic nitrogens is 3. The van der Waals surface area contributed by atoms with Crippen molar-refractivity contribution in [2.75, 3.05) is 10.7 Å². The van der Waals surface area contributed by atoms with Crippen molar-refractivity contribution in [3.8, 4) is 0 Å². The predicted molar refractivity (Wildman–Crippen MR) is 105 cm³/mol. The van der Waals surface area contributed by atoms with E-state index in [4.69, 9.17) is 0 Å². The molecular formula is C19H13N5OS. The topological polar surface area (TPSA) is 74.2 Å². The van der Waals surface area contributed by atoms with Crippen molar-refractivity contribution in [1.29, 1.82) is 0 Å². The Morgan fingerprint density at radius 3 is 2.77 bits per heavy atom. The lowest BCUT2D eigenvalue weighted by molar-refractivity contribution is -0.115. The van der Waals surface area contributed by atoms with Crippen LogP contribution in [-0.2, 0) is 4.79 Å². The van der Waals surface area contributed by atoms with Gasteiger partial charge >= 0.3 is 0 Å². The molecule has 2 aromatic carbocycles. The van der Waals surface area contributed by atoms with E-state index in [-0.39, 0.29) is 5.91 Å². The zero-order chi connectivity index (χ0) is 17.5. The number of amidine groups is 1. The van der Waals surface area contributed by atoms with Gasteiger partial charge in [0.1, 0.15) is 0 Å². The third-order valence-corrected chi connectivity index (χ3v) is 5.14. The first-order chi connectivity index (χ1) is 12.8. The van der Waals surface area contributed by atoms with Gasteiger partial charge in [0.15, 0.2) is 16.6 Å². The molecule has 0 atom stereocenters. The number of anilines is 1. The Hall–Kier alpha value is -3.19. The Kier molecular flexibility index (Phi) is 3.46. The lowest BCUT2D eigenvalue weighted by atomic mass is 10.2. The van der Waals surface area contributed by atoms with Crippen LogP contribution in [0.1, 0.15) is 0 Å². The molecule has 0 aliphatic carbocycles. The summed E-state index contributed by atoms with van der Waals surface area (Å²) in [5, 5.41) is 9.74. The summed E-state index contributed by atoms with van der Waals surface area (Å²) in [5.41, 5.74) is 2.40. The molecule has 0 saturated carbocycles. The summed E-state index contributed by atoms with van der Waals surface area (Å²) < 4.78 is 0. The highest BCUT2D eigenvalue weighted by atomic mass is 32.2. The van der Waals surface area contributed by atoms with Crippen LogP contribution >= 0.6 is 11.8 Å². The molecule has 1 fully saturated rings. The molecule has 1 amide bonds. The van der Waals surface area contributed by atoms with E-state index in [1.165, 1.54) is 11.8 Å². The highest BCUT2D eigenvalue weighted by molar-refractivity contribution is 8.15. The largest absolute Gasteiger partial charge is 0.273 e. The summed E-state index contributed by atoms with van der Waals surface area (Å²) in [4.78, 5) is 23.2. The summed E-state index contributed by atoms with van der Waals surface area (Å²) in [6.45, 7) is 0. The molecule has 1 aliphatic heterocycles. The van der Waals surface area contributed by atoms with Crippen LogP contribution in [0.2, 0.25) is 0 Å². The number of thioether (sulfide) groups is 1. The molecule has 126 valence electrons. The number of nitrogens with one attached hydrogen (secondary N) is 1. The molecule has 3 heterocycles. The fourth-order valence-corrected chi connectivity index (χ4v) is 3.86. The van der Waals surface area contributed by atoms with Crippen LogP contribution in [0.3, 0.4) is 0 Å². The van der Waals surface area contributed by atoms with Crippen LogP contribution in [0, 0.1) is 0 Å². The average molecular weight is 359 g/mol. The smallest absolute Gasteiger partial charge is 0.243 e. The third-order valence-electron chi connectivity index (χ3n) is 4.21. The molecule has 1 N–H and O–H groups in total. The Labute approximate surface area is 152 Å². The minimum Gasteiger partial charge on any atom is -0.273 e. The van der Waals surface area contributed by atoms with E-state index >= 15 is 0 Å². The molecule has 0 radical (unpaired) electrons. The van der Waals surface area contributed by atoms with Gasteiger partial charge in [0.2, 0.25) is 5.91 Å². The summed E-state index contributed by atoms with van der Waals surface area (Å²) in [5.74, 6) is 0.928. The third kappa shape index (κ3) is 2.44. The number of rotatable bonds is 2. The maximum absolute atomic E-state index is 12.3. The lowest BCUT2D eigenvalue weighted by Crippen LogP contribution is -2.28. The number of para-hydroxylation sites is 2. The van der Waals surface area contributed by atoms with Gasteiger partial charge in [-0.1, -0.05) is 48.2 Å². The van der Waals surface area contributed by atoms with Crippen molar-refractivity contribution in [1.82, 2.24) is 15.2 Å². The Bertz CT molecular complexity index is 1170. The number of amides is 1. The maximum atomic E-state index is 12.3. The first kappa shape index (κ1) is 15.1. The van der Waals surface area contributed by atoms with E-state index in [2.05, 4.69) is 20.2 Å². The summed E-state index contributed by atoms with van der Waals surface area (Å²) in [7, 11) is 0. The number of aliphatic imine (C=N–C) groups is 1. The normalized spacial score (nSPS) is 16.2. The molecule has 7 heteroatoms. The molecule has 2 aromatic heterocycles. The maximum Gasteiger partial charge on any atom is 0.243 e. The molecule has 0 spiro atoms. The van der Waals surface area contributed by atoms with Gasteiger partial charge in [-0.25, -0.2) is 9.98 Å². The standard InChI is InChI=1S/C19H13N5OS/c25-16-11-26-19(24(16)13-7-2-1-3-8-13)21-18-14-10-12-6-4-5-9-15(12)20-17(14)22-23-18/h1-10H,11H2,(H,20,22,23). The molecule has 1 saturated heterocycles. The molecule has 6 nitrogen and oxygen atoms in total. The highest BCUT2D eigenvalue weighted by Crippen LogP contribution is 2.31. The number of H-pyrrole nitrogens is 1. The number of hydrogen-bond acceptors (Lipinski definition) is 5. The van der Waals surface area contributed by atoms with Crippen LogP contribution in [-0.4, -0.2) is 32.0 Å². The Morgan fingerprint density at radius 2 is 1.88 bits per heavy atom. The van der Waals surface area contributed by atoms with Crippen molar-refractivity contribution in [3.05, 3.63) is 60.7 Å². The van der Waals surface area contributed by atoms with Crippen LogP contribution in [0.5, 0.6) is 0 Å². The van der Waals surface area contributed by atoms with Gasteiger partial charge in [-0.3, -0.25) is 14.8 Å². The summed E-state index contributed by atoms with van der Waals surface area (Å²) in [6.07, 6.45) is 0. The fourth-order valence-electron chi connectivity index (χ4n) is 2.99. The second-order valence-corrected chi connectivity index (χ2v) is 6.81. The minimum atomic E-state index is 0.0170. The number of pyridine rings is 1. The van der Waals surface area contributed by atoms with Crippen LogP contribution in [0.25, 0.3) is 21.9 Å². The first-order valence-electron chi connectivity index (χ1n) is 8.13. The van der Waals surface area contributed by atoms with Crippen molar-refractivity contribution >= 4 is 56.3 Å². The molecule has 1 aliphatic rings. The number of carbonyl (C=O) groups is 1. The number of nitrogens with zero attached hydrogens (tertiary/aromatic N) is 4. The monoisotopic (exact) mass is 359 g/mol. The Balaban J connectivity index is 1.63. The Morgan fingerprint density at radius 1 is 1.08 bits per heavy atom. The van der Waals surface area contributed by atoms with E-state index in [0.717, 1.165) is 22.0 Å². The van der Waals surface area contributed by atoms with Gasteiger partial charge in [0.05, 0.1) is 22.3 Å². The van der Waals surface area contributed by atoms with Crippen LogP contribution < -0.4 is 4.90 Å². The van der Waals surface area contributed by atoms with Crippen molar-refractivity contribution in [2.24, 2.45) is 4.99 Å². The zero-order valence-electron chi connectivity index (χ0n) is 13.6. The highest BCUT2D eigenvalue weighted by Gasteiger charge is 2.30. The van der Waals surface area contributed by atoms with Gasteiger partial charge in [-0.15, -0.1) is 0 Å². The van der Waals surface area contributed by atoms with Crippen LogP contribution in [0.15, 0.2) is 65.7 Å². The molecular weight excluding hydrogens is 346 g/mol. The van der Waals surface area contributed by atoms with Gasteiger partial charge in [-0.05, 0) is 24.3 Å². The van der Waals surface area contributed by atoms with E-state index in [9.17, 15) is 4.79 Å². The molecule has 0 bridgehead atoms. The van der Waals surface area contributed by atoms with Gasteiger partial charge in [0.25, 0.3) is 0 Å². The molecule has 5 rings (SSSR count). The number of benzene rings is 2. The molecule has 4 aromatic rings. The molecule has 0 unspecified atom stereocenters. The lowest BCUT2D eigenvalue weighted by Gasteiger charge is -2.15. The van der Waals surface area contributed by atoms with Crippen LogP contribution in [0.4, 0.5) is 11.5 Å². The fraction of sp³-hybridized carbons (Fsp3) is 0.0526. The quantitative estimate of drug-likeness (QED) is 0.589. The average Bonchev–Trinajstić information content (AvgIpc) is 3.24. The zero-order valence-corrected chi connectivity index (χ0v) is 14.4. The number of aromatic amines is 1. The minimum absolute atomic E-state index is 0.0170. The van der Waals surface area contributed by atoms with Crippen molar-refractivity contribution in [2.45, 2.75) is 0 Å². The number of fused-ring (bicyclic) bond motifs is 2. The van der Waals surface area contributed by atoms with Gasteiger partial charge in [-0.2, -0.15) is 5.10 Å². The second kappa shape index (κ2) is 5.96. The summed E-state index contributed by atoms with van der Waals surface area (Å²) in [6, 6.07) is 19.5. The predicted octanol–water partition coefficient (Wildman–Crippen LogP) is 3.88. The van der Waals surface area contributed by atoms with E-state index in [0.29, 0.717) is 22.4 Å². The SMILES string of the molecule is O=C1CSC(=Nc2n[nH]c3nc4ccccc4cc23)N1c1ccccc1. The van der Waals surface area contributed by atoms with Crippen molar-refractivity contribution in [3.63, 3.8) is 0 Å². The van der Waals surface area contributed by atoms with Gasteiger partial charge < -0.3 is 0 Å². The number of hydrogen-bond donors (Lipinski definition) is 1. The van der Waals surface area contributed by atoms with Crippen molar-refractivity contribution < 1.29 is 4.79 Å². The van der Waals surface area contributed by atoms with Gasteiger partial charge in [0, 0.05) is 5.39 Å². The second-order valence-electron chi connectivity index (χ2n) is 5.87. The van der Waals surface area contributed by atoms with E-state index < -0.39 is 0 Å². The first-order valence-corrected chi connectivity index (χ1v) is 9.11. The summed E-state index contributed by atoms with van der Waals surface area (Å²) >= 11 is 1.42. The van der Waals surface area contributed by atoms with E-state index in [1.54, 1.807) is 4.90 Å². The van der Waals surface area contributed by atoms with E-state index in [1.807, 2.05) is 60.7 Å². The molecule has 26 heavy (non-hydrogen) atoms.